The second-order valence-corrected chi connectivity index (χ2v) is 7.12. The van der Waals surface area contributed by atoms with Crippen LogP contribution in [0.25, 0.3) is 22.5 Å². The third-order valence-corrected chi connectivity index (χ3v) is 4.80. The predicted molar refractivity (Wildman–Crippen MR) is 99.4 cm³/mol. The molecule has 0 saturated carbocycles. The van der Waals surface area contributed by atoms with Gasteiger partial charge >= 0.3 is 5.71 Å². The monoisotopic (exact) mass is 342 g/mol. The topological polar surface area (TPSA) is 71.3 Å². The number of benzene rings is 2. The van der Waals surface area contributed by atoms with E-state index in [1.165, 1.54) is 0 Å². The molecular formula is C21H18N4O. The highest BCUT2D eigenvalue weighted by Crippen LogP contribution is 2.38. The van der Waals surface area contributed by atoms with Crippen LogP contribution in [0.15, 0.2) is 60.7 Å². The molecule has 5 nitrogen and oxygen atoms in total. The van der Waals surface area contributed by atoms with Crippen molar-refractivity contribution in [1.82, 2.24) is 9.78 Å². The van der Waals surface area contributed by atoms with Gasteiger partial charge in [0.05, 0.1) is 28.1 Å². The van der Waals surface area contributed by atoms with Crippen molar-refractivity contribution < 1.29 is 9.58 Å². The van der Waals surface area contributed by atoms with Gasteiger partial charge in [0.1, 0.15) is 0 Å². The quantitative estimate of drug-likeness (QED) is 0.522. The number of rotatable bonds is 2. The summed E-state index contributed by atoms with van der Waals surface area (Å²) < 4.78 is 1.81. The molecule has 1 aliphatic rings. The predicted octanol–water partition coefficient (Wildman–Crippen LogP) is 3.98. The summed E-state index contributed by atoms with van der Waals surface area (Å²) in [7, 11) is 0. The average Bonchev–Trinajstić information content (AvgIpc) is 3.02. The van der Waals surface area contributed by atoms with Gasteiger partial charge in [0.15, 0.2) is 0 Å². The maximum Gasteiger partial charge on any atom is 0.345 e. The summed E-state index contributed by atoms with van der Waals surface area (Å²) >= 11 is 0. The van der Waals surface area contributed by atoms with Gasteiger partial charge < -0.3 is 5.53 Å². The molecule has 0 atom stereocenters. The molecule has 1 aromatic heterocycles. The highest BCUT2D eigenvalue weighted by Gasteiger charge is 2.48. The van der Waals surface area contributed by atoms with Crippen molar-refractivity contribution in [1.29, 1.82) is 0 Å². The molecule has 0 unspecified atom stereocenters. The number of carbonyl (C=O) groups excluding carboxylic acids is 1. The zero-order chi connectivity index (χ0) is 18.3. The summed E-state index contributed by atoms with van der Waals surface area (Å²) in [5, 5.41) is 4.77. The Bertz CT molecular complexity index is 1040. The first-order valence-electron chi connectivity index (χ1n) is 8.53. The lowest BCUT2D eigenvalue weighted by Crippen LogP contribution is -2.39. The molecular weight excluding hydrogens is 324 g/mol. The summed E-state index contributed by atoms with van der Waals surface area (Å²) in [6.45, 7) is 3.79. The van der Waals surface area contributed by atoms with Crippen molar-refractivity contribution in [3.8, 4) is 16.9 Å². The molecule has 0 saturated heterocycles. The van der Waals surface area contributed by atoms with E-state index in [9.17, 15) is 10.3 Å². The Hall–Kier alpha value is -3.30. The van der Waals surface area contributed by atoms with Crippen LogP contribution in [0.5, 0.6) is 0 Å². The summed E-state index contributed by atoms with van der Waals surface area (Å²) in [6, 6.07) is 19.5. The maximum absolute atomic E-state index is 13.2. The number of ketones is 1. The zero-order valence-corrected chi connectivity index (χ0v) is 14.7. The van der Waals surface area contributed by atoms with Gasteiger partial charge in [-0.15, -0.1) is 0 Å². The zero-order valence-electron chi connectivity index (χ0n) is 14.7. The number of hydrogen-bond acceptors (Lipinski definition) is 2. The number of carbonyl (C=O) groups is 1. The fraction of sp³-hybridized carbons (Fsp3) is 0.190. The number of fused-ring (bicyclic) bond motifs is 1. The largest absolute Gasteiger partial charge is 0.361 e. The van der Waals surface area contributed by atoms with E-state index in [1.807, 2.05) is 79.2 Å². The van der Waals surface area contributed by atoms with Gasteiger partial charge in [-0.3, -0.25) is 4.79 Å². The second kappa shape index (κ2) is 5.90. The van der Waals surface area contributed by atoms with Crippen LogP contribution in [0.4, 0.5) is 0 Å². The third-order valence-electron chi connectivity index (χ3n) is 4.80. The smallest absolute Gasteiger partial charge is 0.345 e. The second-order valence-electron chi connectivity index (χ2n) is 7.12. The Labute approximate surface area is 151 Å². The number of nitrogens with zero attached hydrogens (tertiary/aromatic N) is 4. The lowest BCUT2D eigenvalue weighted by atomic mass is 9.73. The fourth-order valence-electron chi connectivity index (χ4n) is 3.55. The van der Waals surface area contributed by atoms with Crippen LogP contribution in [-0.4, -0.2) is 26.1 Å². The van der Waals surface area contributed by atoms with E-state index in [2.05, 4.69) is 4.79 Å². The van der Waals surface area contributed by atoms with Gasteiger partial charge in [0, 0.05) is 12.0 Å². The lowest BCUT2D eigenvalue weighted by Gasteiger charge is -2.22. The molecule has 1 heterocycles. The van der Waals surface area contributed by atoms with Crippen molar-refractivity contribution >= 4 is 11.5 Å². The van der Waals surface area contributed by atoms with Crippen LogP contribution < -0.4 is 0 Å². The van der Waals surface area contributed by atoms with Gasteiger partial charge in [0.25, 0.3) is 5.78 Å². The molecule has 3 aromatic rings. The molecule has 0 amide bonds. The number of aromatic nitrogens is 2. The van der Waals surface area contributed by atoms with Crippen LogP contribution in [0.3, 0.4) is 0 Å². The van der Waals surface area contributed by atoms with Crippen LogP contribution in [0, 0.1) is 5.41 Å². The Morgan fingerprint density at radius 2 is 1.65 bits per heavy atom. The first kappa shape index (κ1) is 16.2. The first-order chi connectivity index (χ1) is 12.5. The van der Waals surface area contributed by atoms with Crippen molar-refractivity contribution in [2.45, 2.75) is 20.3 Å². The average molecular weight is 342 g/mol. The highest BCUT2D eigenvalue weighted by atomic mass is 16.1. The van der Waals surface area contributed by atoms with Gasteiger partial charge in [0.2, 0.25) is 0 Å². The van der Waals surface area contributed by atoms with E-state index in [0.29, 0.717) is 12.0 Å². The molecule has 128 valence electrons. The minimum atomic E-state index is -0.567. The Morgan fingerprint density at radius 3 is 2.27 bits per heavy atom. The SMILES string of the molecule is CC1(C)Cc2nn(-c3ccccc3)c(-c3ccccc3)c2C(=O)C1=[N+]=[N-]. The van der Waals surface area contributed by atoms with E-state index in [-0.39, 0.29) is 11.5 Å². The van der Waals surface area contributed by atoms with Crippen molar-refractivity contribution in [2.24, 2.45) is 5.41 Å². The van der Waals surface area contributed by atoms with Crippen LogP contribution in [0.2, 0.25) is 0 Å². The Morgan fingerprint density at radius 1 is 1.04 bits per heavy atom. The summed E-state index contributed by atoms with van der Waals surface area (Å²) in [4.78, 5) is 16.5. The molecule has 0 radical (unpaired) electrons. The van der Waals surface area contributed by atoms with E-state index < -0.39 is 5.41 Å². The molecule has 1 aliphatic carbocycles. The van der Waals surface area contributed by atoms with Crippen molar-refractivity contribution in [3.63, 3.8) is 0 Å². The summed E-state index contributed by atoms with van der Waals surface area (Å²) in [5.41, 5.74) is 12.8. The molecule has 4 rings (SSSR count). The molecule has 0 spiro atoms. The van der Waals surface area contributed by atoms with Crippen LogP contribution >= 0.6 is 0 Å². The molecule has 0 fully saturated rings. The van der Waals surface area contributed by atoms with Gasteiger partial charge in [-0.2, -0.15) is 9.89 Å². The molecule has 26 heavy (non-hydrogen) atoms. The molecule has 5 heteroatoms. The van der Waals surface area contributed by atoms with E-state index in [1.54, 1.807) is 0 Å². The molecule has 2 aromatic carbocycles. The summed E-state index contributed by atoms with van der Waals surface area (Å²) in [5.74, 6) is -0.264. The van der Waals surface area contributed by atoms with Gasteiger partial charge in [-0.05, 0) is 26.0 Å². The highest BCUT2D eigenvalue weighted by molar-refractivity contribution is 6.47. The molecule has 0 aliphatic heterocycles. The lowest BCUT2D eigenvalue weighted by molar-refractivity contribution is -0.0196. The number of Topliss-reactive ketones (excluding diaryl/α,β-unsaturated/α-hetero) is 1. The van der Waals surface area contributed by atoms with E-state index in [4.69, 9.17) is 5.10 Å². The van der Waals surface area contributed by atoms with Gasteiger partial charge in [-0.1, -0.05) is 48.5 Å². The van der Waals surface area contributed by atoms with Crippen molar-refractivity contribution in [2.75, 3.05) is 0 Å². The third kappa shape index (κ3) is 2.41. The van der Waals surface area contributed by atoms with E-state index in [0.717, 1.165) is 22.6 Å². The van der Waals surface area contributed by atoms with E-state index >= 15 is 0 Å². The Kier molecular flexibility index (Phi) is 3.67. The standard InChI is InChI=1S/C21H18N4O/c1-21(2)13-16-17(19(26)20(21)23-22)18(14-9-5-3-6-10-14)25(24-16)15-11-7-4-8-12-15/h3-12H,13H2,1-2H3. The van der Waals surface area contributed by atoms with Crippen LogP contribution in [0.1, 0.15) is 29.9 Å². The Balaban J connectivity index is 2.05. The van der Waals surface area contributed by atoms with Gasteiger partial charge in [-0.25, -0.2) is 4.68 Å². The van der Waals surface area contributed by atoms with Crippen molar-refractivity contribution in [3.05, 3.63) is 77.5 Å². The fourth-order valence-corrected chi connectivity index (χ4v) is 3.55. The minimum absolute atomic E-state index is 0.176. The maximum atomic E-state index is 13.2. The first-order valence-corrected chi connectivity index (χ1v) is 8.53. The van der Waals surface area contributed by atoms with Crippen LogP contribution in [-0.2, 0) is 6.42 Å². The molecule has 0 bridgehead atoms. The molecule has 0 N–H and O–H groups in total. The summed E-state index contributed by atoms with van der Waals surface area (Å²) in [6.07, 6.45) is 0.535. The normalized spacial score (nSPS) is 15.5. The number of hydrogen-bond donors (Lipinski definition) is 0. The number of para-hydroxylation sites is 1. The minimum Gasteiger partial charge on any atom is -0.361 e.